The van der Waals surface area contributed by atoms with Crippen LogP contribution < -0.4 is 16.6 Å². The van der Waals surface area contributed by atoms with Crippen LogP contribution in [0.1, 0.15) is 38.5 Å². The second kappa shape index (κ2) is 5.91. The molecule has 29 heavy (non-hydrogen) atoms. The number of hydrogen-bond donors (Lipinski definition) is 1. The van der Waals surface area contributed by atoms with Gasteiger partial charge in [0.1, 0.15) is 5.82 Å². The molecule has 6 heteroatoms. The summed E-state index contributed by atoms with van der Waals surface area (Å²) >= 11 is 0. The first kappa shape index (κ1) is 17.4. The molecule has 0 amide bonds. The van der Waals surface area contributed by atoms with Gasteiger partial charge in [-0.2, -0.15) is 0 Å². The molecule has 2 aliphatic rings. The van der Waals surface area contributed by atoms with Crippen molar-refractivity contribution in [1.29, 1.82) is 0 Å². The van der Waals surface area contributed by atoms with Gasteiger partial charge in [-0.05, 0) is 18.1 Å². The number of allylic oxidation sites excluding steroid dienone is 1. The largest absolute Gasteiger partial charge is 0.340 e. The lowest BCUT2D eigenvalue weighted by atomic mass is 9.80. The Morgan fingerprint density at radius 3 is 2.24 bits per heavy atom. The van der Waals surface area contributed by atoms with Gasteiger partial charge in [0.15, 0.2) is 5.78 Å². The summed E-state index contributed by atoms with van der Waals surface area (Å²) in [7, 11) is 3.10. The van der Waals surface area contributed by atoms with Gasteiger partial charge < -0.3 is 5.32 Å². The van der Waals surface area contributed by atoms with Crippen molar-refractivity contribution < 1.29 is 4.79 Å². The van der Waals surface area contributed by atoms with Crippen molar-refractivity contribution in [2.45, 2.75) is 12.8 Å². The van der Waals surface area contributed by atoms with Gasteiger partial charge in [0.2, 0.25) is 0 Å². The number of Topliss-reactive ketones (excluding diaryl/α,β-unsaturated/α-hetero) is 1. The van der Waals surface area contributed by atoms with E-state index in [1.54, 1.807) is 13.1 Å². The molecule has 1 aliphatic heterocycles. The second-order valence-corrected chi connectivity index (χ2v) is 7.55. The van der Waals surface area contributed by atoms with Gasteiger partial charge in [-0.25, -0.2) is 4.79 Å². The maximum absolute atomic E-state index is 13.4. The standard InChI is InChI=1S/C23H19N3O3/c1-12-8-4-5-9-13(12)16-17-19(14-10-6-7-11-15(14)20(17)27)24-21-18(16)22(28)26(3)23(29)25(21)2/h4-11,16,24H,1-3H3/t16-/m1/s1. The smallest absolute Gasteiger partial charge is 0.332 e. The minimum atomic E-state index is -0.548. The SMILES string of the molecule is Cc1ccccc1[C@@H]1C2=C(Nc3c1c(=O)n(C)c(=O)n3C)c1ccccc1C2=O. The van der Waals surface area contributed by atoms with Crippen molar-refractivity contribution in [3.8, 4) is 0 Å². The summed E-state index contributed by atoms with van der Waals surface area (Å²) in [6, 6.07) is 15.2. The van der Waals surface area contributed by atoms with E-state index in [1.165, 1.54) is 11.6 Å². The van der Waals surface area contributed by atoms with E-state index in [2.05, 4.69) is 5.32 Å². The van der Waals surface area contributed by atoms with Crippen LogP contribution in [-0.2, 0) is 14.1 Å². The van der Waals surface area contributed by atoms with E-state index in [-0.39, 0.29) is 11.3 Å². The third-order valence-electron chi connectivity index (χ3n) is 5.97. The Bertz CT molecular complexity index is 1370. The van der Waals surface area contributed by atoms with Crippen LogP contribution in [0.5, 0.6) is 0 Å². The van der Waals surface area contributed by atoms with Gasteiger partial charge in [-0.3, -0.25) is 18.7 Å². The average molecular weight is 385 g/mol. The van der Waals surface area contributed by atoms with Crippen LogP contribution >= 0.6 is 0 Å². The number of aryl methyl sites for hydroxylation is 1. The zero-order chi connectivity index (χ0) is 20.4. The summed E-state index contributed by atoms with van der Waals surface area (Å²) in [5.41, 5.74) is 4.13. The van der Waals surface area contributed by atoms with Crippen molar-refractivity contribution in [2.24, 2.45) is 14.1 Å². The first-order valence-corrected chi connectivity index (χ1v) is 9.42. The van der Waals surface area contributed by atoms with E-state index in [4.69, 9.17) is 0 Å². The van der Waals surface area contributed by atoms with Crippen molar-refractivity contribution in [3.05, 3.63) is 103 Å². The summed E-state index contributed by atoms with van der Waals surface area (Å²) in [6.07, 6.45) is 0. The summed E-state index contributed by atoms with van der Waals surface area (Å²) < 4.78 is 2.54. The number of carbonyl (C=O) groups is 1. The van der Waals surface area contributed by atoms with Crippen LogP contribution in [-0.4, -0.2) is 14.9 Å². The molecule has 0 unspecified atom stereocenters. The Morgan fingerprint density at radius 1 is 0.862 bits per heavy atom. The van der Waals surface area contributed by atoms with E-state index in [0.717, 1.165) is 21.3 Å². The molecule has 1 N–H and O–H groups in total. The highest BCUT2D eigenvalue weighted by Gasteiger charge is 2.42. The van der Waals surface area contributed by atoms with Crippen LogP contribution in [0, 0.1) is 6.92 Å². The molecule has 2 heterocycles. The number of nitrogens with zero attached hydrogens (tertiary/aromatic N) is 2. The number of aromatic nitrogens is 2. The summed E-state index contributed by atoms with van der Waals surface area (Å²) in [6.45, 7) is 1.97. The Morgan fingerprint density at radius 2 is 1.52 bits per heavy atom. The molecule has 1 aromatic heterocycles. The van der Waals surface area contributed by atoms with Gasteiger partial charge in [-0.1, -0.05) is 48.5 Å². The molecule has 3 aromatic rings. The molecular formula is C23H19N3O3. The van der Waals surface area contributed by atoms with Crippen molar-refractivity contribution in [3.63, 3.8) is 0 Å². The molecule has 144 valence electrons. The molecule has 5 rings (SSSR count). The molecule has 0 saturated heterocycles. The molecule has 1 atom stereocenters. The van der Waals surface area contributed by atoms with Gasteiger partial charge in [-0.15, -0.1) is 0 Å². The zero-order valence-corrected chi connectivity index (χ0v) is 16.3. The highest BCUT2D eigenvalue weighted by Crippen LogP contribution is 2.48. The van der Waals surface area contributed by atoms with E-state index < -0.39 is 11.6 Å². The first-order chi connectivity index (χ1) is 13.9. The Kier molecular flexibility index (Phi) is 3.55. The number of hydrogen-bond acceptors (Lipinski definition) is 4. The third-order valence-corrected chi connectivity index (χ3v) is 5.97. The van der Waals surface area contributed by atoms with Crippen LogP contribution in [0.2, 0.25) is 0 Å². The molecule has 2 aromatic carbocycles. The number of carbonyl (C=O) groups excluding carboxylic acids is 1. The predicted octanol–water partition coefficient (Wildman–Crippen LogP) is 2.56. The average Bonchev–Trinajstić information content (AvgIpc) is 3.02. The van der Waals surface area contributed by atoms with Gasteiger partial charge >= 0.3 is 5.69 Å². The molecule has 0 fully saturated rings. The van der Waals surface area contributed by atoms with Crippen LogP contribution in [0.4, 0.5) is 5.82 Å². The third kappa shape index (κ3) is 2.20. The molecular weight excluding hydrogens is 366 g/mol. The van der Waals surface area contributed by atoms with Gasteiger partial charge in [0, 0.05) is 36.7 Å². The molecule has 0 radical (unpaired) electrons. The lowest BCUT2D eigenvalue weighted by Gasteiger charge is -2.30. The quantitative estimate of drug-likeness (QED) is 0.699. The fourth-order valence-electron chi connectivity index (χ4n) is 4.48. The number of benzene rings is 2. The fraction of sp³-hybridized carbons (Fsp3) is 0.174. The predicted molar refractivity (Wildman–Crippen MR) is 111 cm³/mol. The van der Waals surface area contributed by atoms with Crippen LogP contribution in [0.3, 0.4) is 0 Å². The van der Waals surface area contributed by atoms with E-state index in [1.807, 2.05) is 49.4 Å². The highest BCUT2D eigenvalue weighted by molar-refractivity contribution is 6.23. The minimum Gasteiger partial charge on any atom is -0.340 e. The van der Waals surface area contributed by atoms with Crippen molar-refractivity contribution in [2.75, 3.05) is 5.32 Å². The van der Waals surface area contributed by atoms with Gasteiger partial charge in [0.05, 0.1) is 11.3 Å². The second-order valence-electron chi connectivity index (χ2n) is 7.55. The Labute approximate surface area is 166 Å². The number of rotatable bonds is 1. The lowest BCUT2D eigenvalue weighted by molar-refractivity contribution is 0.103. The number of fused-ring (bicyclic) bond motifs is 3. The number of ketones is 1. The van der Waals surface area contributed by atoms with Gasteiger partial charge in [0.25, 0.3) is 5.56 Å². The van der Waals surface area contributed by atoms with Crippen LogP contribution in [0.15, 0.2) is 63.7 Å². The normalized spacial score (nSPS) is 16.9. The van der Waals surface area contributed by atoms with Crippen molar-refractivity contribution >= 4 is 17.3 Å². The van der Waals surface area contributed by atoms with Crippen LogP contribution in [0.25, 0.3) is 5.70 Å². The monoisotopic (exact) mass is 385 g/mol. The summed E-state index contributed by atoms with van der Waals surface area (Å²) in [5.74, 6) is -0.194. The number of nitrogens with one attached hydrogen (secondary N) is 1. The lowest BCUT2D eigenvalue weighted by Crippen LogP contribution is -2.42. The molecule has 1 aliphatic carbocycles. The summed E-state index contributed by atoms with van der Waals surface area (Å²) in [4.78, 5) is 39.2. The Hall–Kier alpha value is -3.67. The van der Waals surface area contributed by atoms with E-state index >= 15 is 0 Å². The first-order valence-electron chi connectivity index (χ1n) is 9.42. The minimum absolute atomic E-state index is 0.0853. The summed E-state index contributed by atoms with van der Waals surface area (Å²) in [5, 5.41) is 3.25. The van der Waals surface area contributed by atoms with E-state index in [0.29, 0.717) is 28.2 Å². The highest BCUT2D eigenvalue weighted by atomic mass is 16.2. The molecule has 0 bridgehead atoms. The molecule has 0 spiro atoms. The maximum Gasteiger partial charge on any atom is 0.332 e. The maximum atomic E-state index is 13.4. The fourth-order valence-corrected chi connectivity index (χ4v) is 4.48. The van der Waals surface area contributed by atoms with E-state index in [9.17, 15) is 14.4 Å². The number of anilines is 1. The Balaban J connectivity index is 1.92. The molecule has 6 nitrogen and oxygen atoms in total. The van der Waals surface area contributed by atoms with Crippen molar-refractivity contribution in [1.82, 2.24) is 9.13 Å². The topological polar surface area (TPSA) is 73.1 Å². The molecule has 0 saturated carbocycles. The zero-order valence-electron chi connectivity index (χ0n) is 16.3.